The van der Waals surface area contributed by atoms with Gasteiger partial charge in [0.15, 0.2) is 5.11 Å². The average Bonchev–Trinajstić information content (AvgIpc) is 2.71. The molecule has 0 bridgehead atoms. The summed E-state index contributed by atoms with van der Waals surface area (Å²) in [6, 6.07) is 15.6. The number of thiocarbonyl (C=S) groups is 1. The summed E-state index contributed by atoms with van der Waals surface area (Å²) in [5.74, 6) is 0. The number of alkyl carbamates (subject to hydrolysis) is 1. The van der Waals surface area contributed by atoms with Crippen molar-refractivity contribution in [3.63, 3.8) is 0 Å². The van der Waals surface area contributed by atoms with Gasteiger partial charge in [-0.15, -0.1) is 0 Å². The quantitative estimate of drug-likeness (QED) is 0.456. The van der Waals surface area contributed by atoms with Crippen molar-refractivity contribution >= 4 is 51.5 Å². The minimum Gasteiger partial charge on any atom is -0.444 e. The second-order valence-electron chi connectivity index (χ2n) is 8.35. The molecule has 32 heavy (non-hydrogen) atoms. The van der Waals surface area contributed by atoms with E-state index in [1.54, 1.807) is 6.20 Å². The van der Waals surface area contributed by atoms with Crippen LogP contribution in [0.15, 0.2) is 60.9 Å². The van der Waals surface area contributed by atoms with Gasteiger partial charge in [-0.1, -0.05) is 29.8 Å². The van der Waals surface area contributed by atoms with Crippen LogP contribution in [0.3, 0.4) is 0 Å². The molecular weight excluding hydrogens is 444 g/mol. The first-order valence-corrected chi connectivity index (χ1v) is 11.1. The van der Waals surface area contributed by atoms with Crippen molar-refractivity contribution in [1.29, 1.82) is 0 Å². The molecule has 2 aromatic carbocycles. The Morgan fingerprint density at radius 3 is 2.72 bits per heavy atom. The molecule has 1 heterocycles. The molecule has 0 spiro atoms. The molecule has 0 atom stereocenters. The summed E-state index contributed by atoms with van der Waals surface area (Å²) in [5, 5.41) is 9.43. The van der Waals surface area contributed by atoms with Crippen LogP contribution in [0.5, 0.6) is 0 Å². The molecule has 6 nitrogen and oxygen atoms in total. The number of anilines is 1. The van der Waals surface area contributed by atoms with Crippen molar-refractivity contribution in [3.05, 3.63) is 71.5 Å². The van der Waals surface area contributed by atoms with Gasteiger partial charge in [-0.2, -0.15) is 0 Å². The molecule has 0 aliphatic carbocycles. The van der Waals surface area contributed by atoms with E-state index < -0.39 is 11.7 Å². The van der Waals surface area contributed by atoms with Gasteiger partial charge in [0.1, 0.15) is 5.60 Å². The lowest BCUT2D eigenvalue weighted by atomic mass is 10.1. The summed E-state index contributed by atoms with van der Waals surface area (Å²) in [5.41, 5.74) is 1.35. The highest BCUT2D eigenvalue weighted by molar-refractivity contribution is 7.80. The zero-order chi connectivity index (χ0) is 23.1. The Bertz CT molecular complexity index is 1100. The standard InChI is InChI=1S/C24H27ClN4O2S/c1-24(2,3)31-23(30)27-11-12-29(16-17-5-4-6-20(25)13-17)22(32)28-21-8-7-19-15-26-10-9-18(19)14-21/h4-10,13-15H,11-12,16H2,1-3H3,(H,27,30)(H,28,32). The Labute approximate surface area is 198 Å². The predicted molar refractivity (Wildman–Crippen MR) is 134 cm³/mol. The van der Waals surface area contributed by atoms with Crippen LogP contribution in [0.4, 0.5) is 10.5 Å². The minimum atomic E-state index is -0.549. The Balaban J connectivity index is 1.69. The van der Waals surface area contributed by atoms with Gasteiger partial charge in [-0.3, -0.25) is 4.98 Å². The van der Waals surface area contributed by atoms with E-state index in [-0.39, 0.29) is 0 Å². The van der Waals surface area contributed by atoms with Crippen LogP contribution in [0.2, 0.25) is 5.02 Å². The van der Waals surface area contributed by atoms with Crippen molar-refractivity contribution in [2.45, 2.75) is 32.9 Å². The average molecular weight is 471 g/mol. The van der Waals surface area contributed by atoms with Crippen LogP contribution in [0.25, 0.3) is 10.8 Å². The Morgan fingerprint density at radius 1 is 1.16 bits per heavy atom. The number of pyridine rings is 1. The molecule has 3 rings (SSSR count). The second kappa shape index (κ2) is 10.6. The van der Waals surface area contributed by atoms with Crippen molar-refractivity contribution < 1.29 is 9.53 Å². The van der Waals surface area contributed by atoms with E-state index in [0.29, 0.717) is 29.8 Å². The highest BCUT2D eigenvalue weighted by Gasteiger charge is 2.17. The first-order valence-electron chi connectivity index (χ1n) is 10.3. The number of carbonyl (C=O) groups is 1. The topological polar surface area (TPSA) is 66.5 Å². The van der Waals surface area contributed by atoms with E-state index in [9.17, 15) is 4.79 Å². The summed E-state index contributed by atoms with van der Waals surface area (Å²) in [6.07, 6.45) is 3.13. The predicted octanol–water partition coefficient (Wildman–Crippen LogP) is 5.61. The van der Waals surface area contributed by atoms with Gasteiger partial charge in [0.25, 0.3) is 0 Å². The number of hydrogen-bond donors (Lipinski definition) is 2. The molecule has 0 radical (unpaired) electrons. The lowest BCUT2D eigenvalue weighted by molar-refractivity contribution is 0.0525. The number of nitrogens with zero attached hydrogens (tertiary/aromatic N) is 2. The highest BCUT2D eigenvalue weighted by Crippen LogP contribution is 2.19. The van der Waals surface area contributed by atoms with E-state index >= 15 is 0 Å². The van der Waals surface area contributed by atoms with E-state index in [0.717, 1.165) is 22.0 Å². The number of nitrogens with one attached hydrogen (secondary N) is 2. The molecule has 3 aromatic rings. The van der Waals surface area contributed by atoms with Crippen LogP contribution in [-0.4, -0.2) is 39.8 Å². The van der Waals surface area contributed by atoms with Crippen LogP contribution in [0, 0.1) is 0 Å². The van der Waals surface area contributed by atoms with E-state index in [1.165, 1.54) is 0 Å². The molecule has 1 amide bonds. The fourth-order valence-electron chi connectivity index (χ4n) is 3.08. The molecule has 1 aromatic heterocycles. The molecule has 0 aliphatic heterocycles. The summed E-state index contributed by atoms with van der Waals surface area (Å²) in [4.78, 5) is 18.1. The maximum Gasteiger partial charge on any atom is 0.407 e. The van der Waals surface area contributed by atoms with E-state index in [2.05, 4.69) is 15.6 Å². The van der Waals surface area contributed by atoms with Gasteiger partial charge in [0.2, 0.25) is 0 Å². The van der Waals surface area contributed by atoms with Crippen molar-refractivity contribution in [2.24, 2.45) is 0 Å². The third-order valence-corrected chi connectivity index (χ3v) is 5.09. The molecule has 2 N–H and O–H groups in total. The fraction of sp³-hybridized carbons (Fsp3) is 0.292. The van der Waals surface area contributed by atoms with Crippen LogP contribution < -0.4 is 10.6 Å². The number of fused-ring (bicyclic) bond motifs is 1. The summed E-state index contributed by atoms with van der Waals surface area (Å²) in [6.45, 7) is 6.90. The lowest BCUT2D eigenvalue weighted by Crippen LogP contribution is -2.41. The number of ether oxygens (including phenoxy) is 1. The largest absolute Gasteiger partial charge is 0.444 e. The number of carbonyl (C=O) groups excluding carboxylic acids is 1. The normalized spacial score (nSPS) is 11.1. The van der Waals surface area contributed by atoms with Gasteiger partial charge in [0, 0.05) is 48.1 Å². The molecule has 0 aliphatic rings. The Kier molecular flexibility index (Phi) is 7.88. The maximum atomic E-state index is 12.0. The number of halogens is 1. The van der Waals surface area contributed by atoms with Gasteiger partial charge < -0.3 is 20.3 Å². The second-order valence-corrected chi connectivity index (χ2v) is 9.17. The lowest BCUT2D eigenvalue weighted by Gasteiger charge is -2.27. The van der Waals surface area contributed by atoms with Gasteiger partial charge >= 0.3 is 6.09 Å². The Morgan fingerprint density at radius 2 is 1.97 bits per heavy atom. The molecular formula is C24H27ClN4O2S. The Hall–Kier alpha value is -2.90. The number of hydrogen-bond acceptors (Lipinski definition) is 4. The fourth-order valence-corrected chi connectivity index (χ4v) is 3.57. The van der Waals surface area contributed by atoms with E-state index in [4.69, 9.17) is 28.6 Å². The van der Waals surface area contributed by atoms with E-state index in [1.807, 2.05) is 80.4 Å². The molecule has 8 heteroatoms. The van der Waals surface area contributed by atoms with Gasteiger partial charge in [-0.25, -0.2) is 4.79 Å². The molecule has 0 saturated heterocycles. The van der Waals surface area contributed by atoms with Gasteiger partial charge in [0.05, 0.1) is 0 Å². The smallest absolute Gasteiger partial charge is 0.407 e. The number of aromatic nitrogens is 1. The monoisotopic (exact) mass is 470 g/mol. The van der Waals surface area contributed by atoms with Crippen LogP contribution in [0.1, 0.15) is 26.3 Å². The number of amides is 1. The summed E-state index contributed by atoms with van der Waals surface area (Å²) >= 11 is 11.9. The highest BCUT2D eigenvalue weighted by atomic mass is 35.5. The maximum absolute atomic E-state index is 12.0. The SMILES string of the molecule is CC(C)(C)OC(=O)NCCN(Cc1cccc(Cl)c1)C(=S)Nc1ccc2cnccc2c1. The van der Waals surface area contributed by atoms with Crippen molar-refractivity contribution in [2.75, 3.05) is 18.4 Å². The minimum absolute atomic E-state index is 0.376. The zero-order valence-corrected chi connectivity index (χ0v) is 20.0. The summed E-state index contributed by atoms with van der Waals surface area (Å²) in [7, 11) is 0. The third-order valence-electron chi connectivity index (χ3n) is 4.49. The van der Waals surface area contributed by atoms with Crippen LogP contribution in [-0.2, 0) is 11.3 Å². The first-order chi connectivity index (χ1) is 15.2. The molecule has 0 unspecified atom stereocenters. The van der Waals surface area contributed by atoms with Crippen LogP contribution >= 0.6 is 23.8 Å². The third kappa shape index (κ3) is 7.35. The number of benzene rings is 2. The number of rotatable bonds is 6. The molecule has 168 valence electrons. The summed E-state index contributed by atoms with van der Waals surface area (Å²) < 4.78 is 5.31. The molecule has 0 saturated carbocycles. The van der Waals surface area contributed by atoms with Crippen molar-refractivity contribution in [3.8, 4) is 0 Å². The van der Waals surface area contributed by atoms with Crippen molar-refractivity contribution in [1.82, 2.24) is 15.2 Å². The molecule has 0 fully saturated rings. The van der Waals surface area contributed by atoms with Gasteiger partial charge in [-0.05, 0) is 74.3 Å². The first kappa shape index (κ1) is 23.8. The zero-order valence-electron chi connectivity index (χ0n) is 18.4.